The van der Waals surface area contributed by atoms with Gasteiger partial charge in [0.05, 0.1) is 0 Å². The zero-order valence-corrected chi connectivity index (χ0v) is 11.8. The zero-order valence-electron chi connectivity index (χ0n) is 11.0. The molecule has 0 amide bonds. The number of thioether (sulfide) groups is 1. The lowest BCUT2D eigenvalue weighted by atomic mass is 10.4. The second-order valence-corrected chi connectivity index (χ2v) is 4.96. The monoisotopic (exact) mass is 272 g/mol. The van der Waals surface area contributed by atoms with Crippen molar-refractivity contribution >= 4 is 23.3 Å². The van der Waals surface area contributed by atoms with Crippen LogP contribution < -0.4 is 22.3 Å². The Labute approximate surface area is 110 Å². The van der Waals surface area contributed by atoms with E-state index in [-0.39, 0.29) is 17.1 Å². The van der Waals surface area contributed by atoms with Gasteiger partial charge in [0.2, 0.25) is 0 Å². The van der Waals surface area contributed by atoms with Crippen molar-refractivity contribution in [3.05, 3.63) is 20.8 Å². The molecule has 3 N–H and O–H groups in total. The molecule has 1 rings (SSSR count). The Balaban J connectivity index is 3.24. The van der Waals surface area contributed by atoms with Gasteiger partial charge in [0.15, 0.2) is 0 Å². The minimum atomic E-state index is -0.369. The van der Waals surface area contributed by atoms with E-state index in [9.17, 15) is 9.59 Å². The molecule has 0 unspecified atom stereocenters. The first-order valence-corrected chi connectivity index (χ1v) is 7.26. The van der Waals surface area contributed by atoms with Gasteiger partial charge in [0, 0.05) is 25.9 Å². The fourth-order valence-electron chi connectivity index (χ4n) is 1.67. The van der Waals surface area contributed by atoms with Crippen molar-refractivity contribution in [3.8, 4) is 0 Å². The fourth-order valence-corrected chi connectivity index (χ4v) is 1.97. The van der Waals surface area contributed by atoms with Crippen molar-refractivity contribution in [2.24, 2.45) is 7.05 Å². The number of hydrogen-bond acceptors (Lipinski definition) is 5. The predicted molar refractivity (Wildman–Crippen MR) is 77.5 cm³/mol. The summed E-state index contributed by atoms with van der Waals surface area (Å²) in [5.74, 6) is 1.10. The van der Waals surface area contributed by atoms with E-state index in [1.807, 2.05) is 13.2 Å². The standard InChI is InChI=1S/C11H20N4O2S/c1-4-6-15-9(12)8(13-5-7-18-3)10(16)14(2)11(15)17/h13H,4-7,12H2,1-3H3. The highest BCUT2D eigenvalue weighted by atomic mass is 32.2. The number of rotatable bonds is 6. The van der Waals surface area contributed by atoms with Crippen LogP contribution >= 0.6 is 11.8 Å². The van der Waals surface area contributed by atoms with E-state index in [2.05, 4.69) is 5.32 Å². The maximum atomic E-state index is 12.0. The van der Waals surface area contributed by atoms with Gasteiger partial charge in [-0.25, -0.2) is 4.79 Å². The van der Waals surface area contributed by atoms with Crippen LogP contribution in [0.5, 0.6) is 0 Å². The van der Waals surface area contributed by atoms with Gasteiger partial charge in [0.1, 0.15) is 11.5 Å². The van der Waals surface area contributed by atoms with Crippen molar-refractivity contribution in [2.45, 2.75) is 19.9 Å². The first kappa shape index (κ1) is 14.7. The Hall–Kier alpha value is -1.37. The summed E-state index contributed by atoms with van der Waals surface area (Å²) in [6.07, 6.45) is 2.77. The molecule has 0 radical (unpaired) electrons. The van der Waals surface area contributed by atoms with E-state index in [0.717, 1.165) is 16.7 Å². The van der Waals surface area contributed by atoms with Gasteiger partial charge >= 0.3 is 5.69 Å². The highest BCUT2D eigenvalue weighted by Crippen LogP contribution is 2.11. The van der Waals surface area contributed by atoms with E-state index in [1.165, 1.54) is 11.6 Å². The number of hydrogen-bond donors (Lipinski definition) is 2. The molecular formula is C11H20N4O2S. The van der Waals surface area contributed by atoms with Crippen LogP contribution in [-0.4, -0.2) is 27.7 Å². The van der Waals surface area contributed by atoms with Gasteiger partial charge in [-0.05, 0) is 12.7 Å². The van der Waals surface area contributed by atoms with E-state index in [1.54, 1.807) is 11.8 Å². The lowest BCUT2D eigenvalue weighted by Gasteiger charge is -2.15. The number of nitrogens with two attached hydrogens (primary N) is 1. The molecule has 18 heavy (non-hydrogen) atoms. The van der Waals surface area contributed by atoms with E-state index in [0.29, 0.717) is 18.8 Å². The number of nitrogens with one attached hydrogen (secondary N) is 1. The highest BCUT2D eigenvalue weighted by Gasteiger charge is 2.14. The van der Waals surface area contributed by atoms with Gasteiger partial charge in [0.25, 0.3) is 5.56 Å². The highest BCUT2D eigenvalue weighted by molar-refractivity contribution is 7.98. The Morgan fingerprint density at radius 3 is 2.61 bits per heavy atom. The van der Waals surface area contributed by atoms with Gasteiger partial charge in [-0.3, -0.25) is 13.9 Å². The van der Waals surface area contributed by atoms with Crippen LogP contribution in [0.1, 0.15) is 13.3 Å². The lowest BCUT2D eigenvalue weighted by Crippen LogP contribution is -2.41. The average Bonchev–Trinajstić information content (AvgIpc) is 2.36. The second kappa shape index (κ2) is 6.53. The van der Waals surface area contributed by atoms with Crippen LogP contribution in [-0.2, 0) is 13.6 Å². The van der Waals surface area contributed by atoms with Crippen molar-refractivity contribution < 1.29 is 0 Å². The quantitative estimate of drug-likeness (QED) is 0.729. The maximum absolute atomic E-state index is 12.0. The molecular weight excluding hydrogens is 252 g/mol. The molecule has 1 heterocycles. The fraction of sp³-hybridized carbons (Fsp3) is 0.636. The molecule has 0 saturated heterocycles. The first-order chi connectivity index (χ1) is 8.54. The molecule has 1 aromatic heterocycles. The number of nitrogens with zero attached hydrogens (tertiary/aromatic N) is 2. The molecule has 0 spiro atoms. The van der Waals surface area contributed by atoms with Gasteiger partial charge < -0.3 is 11.1 Å². The Kier molecular flexibility index (Phi) is 5.33. The molecule has 0 aliphatic carbocycles. The van der Waals surface area contributed by atoms with Crippen molar-refractivity contribution in [2.75, 3.05) is 29.6 Å². The van der Waals surface area contributed by atoms with Crippen LogP contribution in [0.15, 0.2) is 9.59 Å². The van der Waals surface area contributed by atoms with Gasteiger partial charge in [-0.2, -0.15) is 11.8 Å². The summed E-state index contributed by atoms with van der Waals surface area (Å²) in [7, 11) is 1.47. The minimum Gasteiger partial charge on any atom is -0.383 e. The van der Waals surface area contributed by atoms with Gasteiger partial charge in [-0.15, -0.1) is 0 Å². The largest absolute Gasteiger partial charge is 0.383 e. The third-order valence-corrected chi connectivity index (χ3v) is 3.25. The molecule has 1 aromatic rings. The topological polar surface area (TPSA) is 82.0 Å². The molecule has 0 aliphatic heterocycles. The van der Waals surface area contributed by atoms with Crippen LogP contribution in [0.4, 0.5) is 11.5 Å². The smallest absolute Gasteiger partial charge is 0.332 e. The normalized spacial score (nSPS) is 10.6. The molecule has 102 valence electrons. The second-order valence-electron chi connectivity index (χ2n) is 3.98. The Morgan fingerprint density at radius 1 is 1.39 bits per heavy atom. The summed E-state index contributed by atoms with van der Waals surface area (Å²) in [5, 5.41) is 3.01. The summed E-state index contributed by atoms with van der Waals surface area (Å²) in [4.78, 5) is 23.9. The van der Waals surface area contributed by atoms with Crippen LogP contribution in [0.25, 0.3) is 0 Å². The Bertz CT molecular complexity index is 521. The molecule has 0 fully saturated rings. The molecule has 0 bridgehead atoms. The van der Waals surface area contributed by atoms with E-state index >= 15 is 0 Å². The van der Waals surface area contributed by atoms with Crippen molar-refractivity contribution in [1.29, 1.82) is 0 Å². The SMILES string of the molecule is CCCn1c(N)c(NCCSC)c(=O)n(C)c1=O. The third-order valence-electron chi connectivity index (χ3n) is 2.64. The Morgan fingerprint density at radius 2 is 2.06 bits per heavy atom. The minimum absolute atomic E-state index is 0.228. The lowest BCUT2D eigenvalue weighted by molar-refractivity contribution is 0.600. The first-order valence-electron chi connectivity index (χ1n) is 5.86. The summed E-state index contributed by atoms with van der Waals surface area (Å²) in [6, 6.07) is 0. The summed E-state index contributed by atoms with van der Waals surface area (Å²) in [6.45, 7) is 3.11. The molecule has 7 heteroatoms. The predicted octanol–water partition coefficient (Wildman–Crippen LogP) is 0.314. The summed E-state index contributed by atoms with van der Waals surface area (Å²) in [5.41, 5.74) is 5.49. The summed E-state index contributed by atoms with van der Waals surface area (Å²) >= 11 is 1.67. The number of aromatic nitrogens is 2. The average molecular weight is 272 g/mol. The third kappa shape index (κ3) is 2.90. The maximum Gasteiger partial charge on any atom is 0.332 e. The molecule has 0 saturated carbocycles. The van der Waals surface area contributed by atoms with Crippen LogP contribution in [0.3, 0.4) is 0 Å². The van der Waals surface area contributed by atoms with E-state index < -0.39 is 0 Å². The van der Waals surface area contributed by atoms with Gasteiger partial charge in [-0.1, -0.05) is 6.92 Å². The van der Waals surface area contributed by atoms with Crippen molar-refractivity contribution in [1.82, 2.24) is 9.13 Å². The number of nitrogen functional groups attached to an aromatic ring is 1. The van der Waals surface area contributed by atoms with Crippen molar-refractivity contribution in [3.63, 3.8) is 0 Å². The summed E-state index contributed by atoms with van der Waals surface area (Å²) < 4.78 is 2.52. The van der Waals surface area contributed by atoms with E-state index in [4.69, 9.17) is 5.73 Å². The molecule has 0 aromatic carbocycles. The zero-order chi connectivity index (χ0) is 13.7. The molecule has 0 atom stereocenters. The molecule has 6 nitrogen and oxygen atoms in total. The number of anilines is 2. The molecule has 0 aliphatic rings. The van der Waals surface area contributed by atoms with Crippen LogP contribution in [0, 0.1) is 0 Å². The van der Waals surface area contributed by atoms with Crippen LogP contribution in [0.2, 0.25) is 0 Å².